The van der Waals surface area contributed by atoms with E-state index in [1.54, 1.807) is 12.1 Å². The quantitative estimate of drug-likeness (QED) is 0.778. The minimum atomic E-state index is -1.96. The highest BCUT2D eigenvalue weighted by Gasteiger charge is 2.19. The van der Waals surface area contributed by atoms with Crippen LogP contribution in [0.5, 0.6) is 0 Å². The van der Waals surface area contributed by atoms with Gasteiger partial charge in [0.25, 0.3) is 0 Å². The minimum absolute atomic E-state index is 0.558. The first-order chi connectivity index (χ1) is 6.59. The molecule has 1 heterocycles. The summed E-state index contributed by atoms with van der Waals surface area (Å²) in [6, 6.07) is 5.40. The highest BCUT2D eigenvalue weighted by molar-refractivity contribution is 9.10. The minimum Gasteiger partial charge on any atom is -0.249 e. The lowest BCUT2D eigenvalue weighted by Crippen LogP contribution is -2.22. The molecule has 0 unspecified atom stereocenters. The average molecular weight is 295 g/mol. The van der Waals surface area contributed by atoms with Gasteiger partial charge in [-0.3, -0.25) is 0 Å². The Morgan fingerprint density at radius 2 is 2.14 bits per heavy atom. The van der Waals surface area contributed by atoms with Crippen LogP contribution in [-0.2, 0) is 9.73 Å². The predicted molar refractivity (Wildman–Crippen MR) is 63.7 cm³/mol. The van der Waals surface area contributed by atoms with Crippen LogP contribution in [-0.4, -0.2) is 15.7 Å². The smallest absolute Gasteiger partial charge is 0.0927 e. The van der Waals surface area contributed by atoms with Crippen molar-refractivity contribution in [1.82, 2.24) is 0 Å². The van der Waals surface area contributed by atoms with Crippen LogP contribution in [0.25, 0.3) is 0 Å². The lowest BCUT2D eigenvalue weighted by atomic mass is 10.3. The highest BCUT2D eigenvalue weighted by Crippen LogP contribution is 2.31. The summed E-state index contributed by atoms with van der Waals surface area (Å²) in [4.78, 5) is 0. The number of hydrogen-bond donors (Lipinski definition) is 0. The summed E-state index contributed by atoms with van der Waals surface area (Å²) in [7, 11) is -1.96. The van der Waals surface area contributed by atoms with Crippen LogP contribution in [0.2, 0.25) is 5.02 Å². The Morgan fingerprint density at radius 3 is 2.71 bits per heavy atom. The van der Waals surface area contributed by atoms with E-state index in [-0.39, 0.29) is 0 Å². The molecule has 1 saturated heterocycles. The monoisotopic (exact) mass is 293 g/mol. The van der Waals surface area contributed by atoms with Crippen LogP contribution < -0.4 is 0 Å². The predicted octanol–water partition coefficient (Wildman–Crippen LogP) is 3.61. The maximum absolute atomic E-state index is 11.8. The Balaban J connectivity index is 2.47. The molecular formula is C9H9BrClNOS. The van der Waals surface area contributed by atoms with Gasteiger partial charge in [0.15, 0.2) is 0 Å². The molecule has 0 amide bonds. The Morgan fingerprint density at radius 1 is 1.43 bits per heavy atom. The molecule has 0 bridgehead atoms. The molecule has 1 aromatic rings. The summed E-state index contributed by atoms with van der Waals surface area (Å²) in [5.74, 6) is 1.41. The Bertz CT molecular complexity index is 470. The van der Waals surface area contributed by atoms with Crippen LogP contribution in [0, 0.1) is 0 Å². The third kappa shape index (κ3) is 2.12. The van der Waals surface area contributed by atoms with Crippen molar-refractivity contribution in [2.24, 2.45) is 4.36 Å². The summed E-state index contributed by atoms with van der Waals surface area (Å²) in [6.45, 7) is 0. The lowest BCUT2D eigenvalue weighted by Gasteiger charge is -2.18. The van der Waals surface area contributed by atoms with E-state index in [2.05, 4.69) is 20.3 Å². The summed E-state index contributed by atoms with van der Waals surface area (Å²) in [5, 5.41) is 0.558. The molecular weight excluding hydrogens is 286 g/mol. The van der Waals surface area contributed by atoms with Gasteiger partial charge < -0.3 is 0 Å². The third-order valence-corrected chi connectivity index (χ3v) is 5.29. The maximum atomic E-state index is 11.8. The first-order valence-electron chi connectivity index (χ1n) is 4.27. The zero-order chi connectivity index (χ0) is 10.2. The van der Waals surface area contributed by atoms with Gasteiger partial charge in [-0.1, -0.05) is 27.5 Å². The zero-order valence-corrected chi connectivity index (χ0v) is 10.5. The fourth-order valence-corrected chi connectivity index (χ4v) is 3.25. The summed E-state index contributed by atoms with van der Waals surface area (Å²) in [6.07, 6.45) is 1.01. The fraction of sp³-hybridized carbons (Fsp3) is 0.333. The van der Waals surface area contributed by atoms with Gasteiger partial charge in [-0.2, -0.15) is 4.36 Å². The Hall–Kier alpha value is -0.0600. The molecule has 0 aromatic heterocycles. The van der Waals surface area contributed by atoms with E-state index in [0.29, 0.717) is 22.2 Å². The topological polar surface area (TPSA) is 29.4 Å². The van der Waals surface area contributed by atoms with Crippen molar-refractivity contribution in [3.05, 3.63) is 27.7 Å². The number of rotatable bonds is 1. The Kier molecular flexibility index (Phi) is 2.86. The van der Waals surface area contributed by atoms with Gasteiger partial charge >= 0.3 is 0 Å². The molecule has 0 radical (unpaired) electrons. The van der Waals surface area contributed by atoms with Crippen molar-refractivity contribution in [2.45, 2.75) is 6.42 Å². The van der Waals surface area contributed by atoms with Gasteiger partial charge in [0.05, 0.1) is 20.4 Å². The number of halogens is 2. The molecule has 1 aromatic carbocycles. The molecule has 0 N–H and O–H groups in total. The second-order valence-corrected chi connectivity index (χ2v) is 7.09. The van der Waals surface area contributed by atoms with Crippen LogP contribution in [0.3, 0.4) is 0 Å². The third-order valence-electron chi connectivity index (χ3n) is 2.10. The molecule has 14 heavy (non-hydrogen) atoms. The molecule has 0 aliphatic carbocycles. The standard InChI is InChI=1S/C9H9BrClNOS/c10-7-2-3-8(11)9(6-7)12-14(13)4-1-5-14/h2-3,6H,1,4-5H2. The van der Waals surface area contributed by atoms with Crippen molar-refractivity contribution in [2.75, 3.05) is 11.5 Å². The van der Waals surface area contributed by atoms with Crippen molar-refractivity contribution < 1.29 is 4.21 Å². The molecule has 2 rings (SSSR count). The SMILES string of the molecule is O=S1(=Nc2cc(Br)ccc2Cl)CCC1. The van der Waals surface area contributed by atoms with Crippen molar-refractivity contribution in [1.29, 1.82) is 0 Å². The zero-order valence-electron chi connectivity index (χ0n) is 7.37. The van der Waals surface area contributed by atoms with Crippen LogP contribution in [0.15, 0.2) is 27.0 Å². The van der Waals surface area contributed by atoms with E-state index in [1.165, 1.54) is 0 Å². The summed E-state index contributed by atoms with van der Waals surface area (Å²) < 4.78 is 17.0. The second kappa shape index (κ2) is 3.83. The van der Waals surface area contributed by atoms with E-state index in [4.69, 9.17) is 11.6 Å². The molecule has 76 valence electrons. The molecule has 0 spiro atoms. The summed E-state index contributed by atoms with van der Waals surface area (Å²) >= 11 is 9.28. The number of nitrogens with zero attached hydrogens (tertiary/aromatic N) is 1. The molecule has 2 nitrogen and oxygen atoms in total. The van der Waals surface area contributed by atoms with E-state index in [1.807, 2.05) is 6.07 Å². The van der Waals surface area contributed by atoms with Gasteiger partial charge in [-0.05, 0) is 24.6 Å². The molecule has 1 aliphatic heterocycles. The van der Waals surface area contributed by atoms with Gasteiger partial charge in [0.1, 0.15) is 0 Å². The van der Waals surface area contributed by atoms with Crippen molar-refractivity contribution >= 4 is 42.9 Å². The molecule has 5 heteroatoms. The van der Waals surface area contributed by atoms with E-state index in [0.717, 1.165) is 10.9 Å². The summed E-state index contributed by atoms with van der Waals surface area (Å²) in [5.41, 5.74) is 0.630. The van der Waals surface area contributed by atoms with Gasteiger partial charge in [-0.25, -0.2) is 4.21 Å². The number of hydrogen-bond acceptors (Lipinski definition) is 2. The fourth-order valence-electron chi connectivity index (χ4n) is 1.22. The normalized spacial score (nSPS) is 18.7. The Labute approximate surface area is 97.0 Å². The first-order valence-corrected chi connectivity index (χ1v) is 7.29. The largest absolute Gasteiger partial charge is 0.249 e. The van der Waals surface area contributed by atoms with Crippen LogP contribution in [0.4, 0.5) is 5.69 Å². The van der Waals surface area contributed by atoms with Crippen LogP contribution >= 0.6 is 27.5 Å². The van der Waals surface area contributed by atoms with Gasteiger partial charge in [0.2, 0.25) is 0 Å². The first kappa shape index (κ1) is 10.5. The maximum Gasteiger partial charge on any atom is 0.0927 e. The van der Waals surface area contributed by atoms with Crippen LogP contribution in [0.1, 0.15) is 6.42 Å². The molecule has 0 saturated carbocycles. The lowest BCUT2D eigenvalue weighted by molar-refractivity contribution is 0.663. The molecule has 0 atom stereocenters. The van der Waals surface area contributed by atoms with Crippen molar-refractivity contribution in [3.63, 3.8) is 0 Å². The van der Waals surface area contributed by atoms with E-state index in [9.17, 15) is 4.21 Å². The number of benzene rings is 1. The van der Waals surface area contributed by atoms with Crippen molar-refractivity contribution in [3.8, 4) is 0 Å². The van der Waals surface area contributed by atoms with E-state index >= 15 is 0 Å². The molecule has 1 fully saturated rings. The van der Waals surface area contributed by atoms with Gasteiger partial charge in [-0.15, -0.1) is 0 Å². The average Bonchev–Trinajstić information content (AvgIpc) is 2.09. The molecule has 1 aliphatic rings. The van der Waals surface area contributed by atoms with E-state index < -0.39 is 9.73 Å². The highest BCUT2D eigenvalue weighted by atomic mass is 79.9. The second-order valence-electron chi connectivity index (χ2n) is 3.22. The van der Waals surface area contributed by atoms with Gasteiger partial charge in [0, 0.05) is 16.0 Å².